The monoisotopic (exact) mass is 354 g/mol. The van der Waals surface area contributed by atoms with Crippen molar-refractivity contribution >= 4 is 33.2 Å². The van der Waals surface area contributed by atoms with Crippen molar-refractivity contribution in [2.45, 2.75) is 0 Å². The van der Waals surface area contributed by atoms with Crippen LogP contribution in [0.25, 0.3) is 5.69 Å². The number of nitrogens with zero attached hydrogens (tertiary/aromatic N) is 4. The Balaban J connectivity index is 1.84. The second kappa shape index (κ2) is 5.76. The van der Waals surface area contributed by atoms with Gasteiger partial charge in [0.05, 0.1) is 10.7 Å². The van der Waals surface area contributed by atoms with E-state index in [4.69, 9.17) is 11.6 Å². The van der Waals surface area contributed by atoms with Crippen LogP contribution in [0.5, 0.6) is 0 Å². The van der Waals surface area contributed by atoms with Gasteiger partial charge in [0.2, 0.25) is 0 Å². The molecule has 0 aliphatic carbocycles. The Morgan fingerprint density at radius 1 is 1.20 bits per heavy atom. The molecule has 1 aromatic heterocycles. The van der Waals surface area contributed by atoms with Crippen molar-refractivity contribution in [2.75, 3.05) is 38.1 Å². The van der Waals surface area contributed by atoms with Gasteiger partial charge in [0.25, 0.3) is 0 Å². The zero-order valence-corrected chi connectivity index (χ0v) is 13.6. The molecule has 0 N–H and O–H groups in total. The molecule has 0 atom stereocenters. The molecule has 0 unspecified atom stereocenters. The minimum atomic E-state index is 0.742. The first kappa shape index (κ1) is 13.9. The standard InChI is InChI=1S/C14H16BrClN4/c1-18-4-6-19(7-5-18)11-2-3-13(12(16)8-11)20-9-14(15)17-10-20/h2-3,8-10H,4-7H2,1H3. The van der Waals surface area contributed by atoms with Gasteiger partial charge in [0, 0.05) is 38.1 Å². The highest BCUT2D eigenvalue weighted by atomic mass is 79.9. The Kier molecular flexibility index (Phi) is 4.01. The fraction of sp³-hybridized carbons (Fsp3) is 0.357. The average Bonchev–Trinajstić information content (AvgIpc) is 2.86. The lowest BCUT2D eigenvalue weighted by atomic mass is 10.2. The first-order valence-electron chi connectivity index (χ1n) is 6.56. The summed E-state index contributed by atoms with van der Waals surface area (Å²) in [6.07, 6.45) is 3.65. The third kappa shape index (κ3) is 2.85. The van der Waals surface area contributed by atoms with Gasteiger partial charge in [0.15, 0.2) is 0 Å². The second-order valence-corrected chi connectivity index (χ2v) is 6.25. The van der Waals surface area contributed by atoms with Crippen molar-refractivity contribution in [2.24, 2.45) is 0 Å². The van der Waals surface area contributed by atoms with Crippen LogP contribution in [0.2, 0.25) is 5.02 Å². The summed E-state index contributed by atoms with van der Waals surface area (Å²) in [5, 5.41) is 0.742. The predicted octanol–water partition coefficient (Wildman–Crippen LogP) is 3.04. The van der Waals surface area contributed by atoms with Crippen LogP contribution in [0.4, 0.5) is 5.69 Å². The van der Waals surface area contributed by atoms with E-state index in [-0.39, 0.29) is 0 Å². The van der Waals surface area contributed by atoms with Crippen molar-refractivity contribution in [1.29, 1.82) is 0 Å². The van der Waals surface area contributed by atoms with E-state index in [1.54, 1.807) is 6.33 Å². The molecule has 0 saturated carbocycles. The van der Waals surface area contributed by atoms with Crippen LogP contribution in [0.3, 0.4) is 0 Å². The molecular weight excluding hydrogens is 340 g/mol. The number of benzene rings is 1. The number of aromatic nitrogens is 2. The minimum Gasteiger partial charge on any atom is -0.369 e. The van der Waals surface area contributed by atoms with Gasteiger partial charge in [-0.25, -0.2) is 4.98 Å². The lowest BCUT2D eigenvalue weighted by Crippen LogP contribution is -2.44. The molecular formula is C14H16BrClN4. The zero-order valence-electron chi connectivity index (χ0n) is 11.3. The van der Waals surface area contributed by atoms with E-state index >= 15 is 0 Å². The quantitative estimate of drug-likeness (QED) is 0.827. The predicted molar refractivity (Wildman–Crippen MR) is 86.0 cm³/mol. The minimum absolute atomic E-state index is 0.742. The van der Waals surface area contributed by atoms with Crippen molar-refractivity contribution in [3.63, 3.8) is 0 Å². The van der Waals surface area contributed by atoms with E-state index in [1.807, 2.05) is 22.9 Å². The number of imidazole rings is 1. The Morgan fingerprint density at radius 2 is 1.95 bits per heavy atom. The van der Waals surface area contributed by atoms with E-state index in [2.05, 4.69) is 43.8 Å². The summed E-state index contributed by atoms with van der Waals surface area (Å²) in [6, 6.07) is 6.21. The van der Waals surface area contributed by atoms with Crippen LogP contribution in [0, 0.1) is 0 Å². The van der Waals surface area contributed by atoms with Crippen molar-refractivity contribution in [3.05, 3.63) is 40.3 Å². The van der Waals surface area contributed by atoms with Crippen LogP contribution < -0.4 is 4.90 Å². The lowest BCUT2D eigenvalue weighted by molar-refractivity contribution is 0.313. The molecule has 0 amide bonds. The summed E-state index contributed by atoms with van der Waals surface area (Å²) in [7, 11) is 2.16. The molecule has 6 heteroatoms. The Hall–Kier alpha value is -1.04. The van der Waals surface area contributed by atoms with Crippen molar-refractivity contribution < 1.29 is 0 Å². The highest BCUT2D eigenvalue weighted by Crippen LogP contribution is 2.27. The normalized spacial score (nSPS) is 16.6. The average molecular weight is 356 g/mol. The van der Waals surface area contributed by atoms with E-state index in [9.17, 15) is 0 Å². The topological polar surface area (TPSA) is 24.3 Å². The van der Waals surface area contributed by atoms with E-state index in [0.29, 0.717) is 0 Å². The summed E-state index contributed by atoms with van der Waals surface area (Å²) in [5.74, 6) is 0. The maximum Gasteiger partial charge on any atom is 0.124 e. The van der Waals surface area contributed by atoms with Gasteiger partial charge < -0.3 is 14.4 Å². The van der Waals surface area contributed by atoms with Crippen LogP contribution in [-0.4, -0.2) is 47.7 Å². The third-order valence-corrected chi connectivity index (χ3v) is 4.34. The molecule has 1 fully saturated rings. The zero-order chi connectivity index (χ0) is 14.1. The number of piperazine rings is 1. The first-order valence-corrected chi connectivity index (χ1v) is 7.73. The lowest BCUT2D eigenvalue weighted by Gasteiger charge is -2.34. The van der Waals surface area contributed by atoms with Gasteiger partial charge in [-0.3, -0.25) is 0 Å². The van der Waals surface area contributed by atoms with Crippen molar-refractivity contribution in [1.82, 2.24) is 14.5 Å². The highest BCUT2D eigenvalue weighted by molar-refractivity contribution is 9.10. The second-order valence-electron chi connectivity index (χ2n) is 5.03. The van der Waals surface area contributed by atoms with E-state index < -0.39 is 0 Å². The van der Waals surface area contributed by atoms with Crippen LogP contribution in [0.1, 0.15) is 0 Å². The van der Waals surface area contributed by atoms with Gasteiger partial charge in [0.1, 0.15) is 10.9 Å². The maximum atomic E-state index is 6.42. The number of rotatable bonds is 2. The summed E-state index contributed by atoms with van der Waals surface area (Å²) in [4.78, 5) is 8.88. The fourth-order valence-corrected chi connectivity index (χ4v) is 2.98. The molecule has 0 bridgehead atoms. The number of anilines is 1. The molecule has 1 aliphatic heterocycles. The smallest absolute Gasteiger partial charge is 0.124 e. The van der Waals surface area contributed by atoms with E-state index in [1.165, 1.54) is 5.69 Å². The highest BCUT2D eigenvalue weighted by Gasteiger charge is 2.15. The van der Waals surface area contributed by atoms with Crippen LogP contribution >= 0.6 is 27.5 Å². The summed E-state index contributed by atoms with van der Waals surface area (Å²) >= 11 is 9.77. The third-order valence-electron chi connectivity index (χ3n) is 3.63. The molecule has 2 heterocycles. The molecule has 1 aromatic carbocycles. The Bertz CT molecular complexity index is 605. The van der Waals surface area contributed by atoms with Crippen LogP contribution in [0.15, 0.2) is 35.3 Å². The number of halogens is 2. The summed E-state index contributed by atoms with van der Waals surface area (Å²) in [6.45, 7) is 4.27. The fourth-order valence-electron chi connectivity index (χ4n) is 2.40. The molecule has 0 radical (unpaired) electrons. The number of hydrogen-bond donors (Lipinski definition) is 0. The molecule has 4 nitrogen and oxygen atoms in total. The van der Waals surface area contributed by atoms with Gasteiger partial charge >= 0.3 is 0 Å². The molecule has 106 valence electrons. The maximum absolute atomic E-state index is 6.42. The largest absolute Gasteiger partial charge is 0.369 e. The molecule has 20 heavy (non-hydrogen) atoms. The summed E-state index contributed by atoms with van der Waals surface area (Å²) < 4.78 is 2.72. The first-order chi connectivity index (χ1) is 9.63. The molecule has 1 saturated heterocycles. The van der Waals surface area contributed by atoms with Crippen LogP contribution in [-0.2, 0) is 0 Å². The van der Waals surface area contributed by atoms with Crippen molar-refractivity contribution in [3.8, 4) is 5.69 Å². The number of hydrogen-bond acceptors (Lipinski definition) is 3. The summed E-state index contributed by atoms with van der Waals surface area (Å²) in [5.41, 5.74) is 2.13. The molecule has 1 aliphatic rings. The van der Waals surface area contributed by atoms with E-state index in [0.717, 1.165) is 41.5 Å². The Labute approximate surface area is 132 Å². The van der Waals surface area contributed by atoms with Gasteiger partial charge in [-0.2, -0.15) is 0 Å². The molecule has 0 spiro atoms. The number of likely N-dealkylation sites (N-methyl/N-ethyl adjacent to an activating group) is 1. The van der Waals surface area contributed by atoms with Gasteiger partial charge in [-0.1, -0.05) is 11.6 Å². The molecule has 3 rings (SSSR count). The SMILES string of the molecule is CN1CCN(c2ccc(-n3cnc(Br)c3)c(Cl)c2)CC1. The molecule has 2 aromatic rings. The Morgan fingerprint density at radius 3 is 2.55 bits per heavy atom. The van der Waals surface area contributed by atoms with Gasteiger partial charge in [-0.05, 0) is 41.2 Å². The van der Waals surface area contributed by atoms with Gasteiger partial charge in [-0.15, -0.1) is 0 Å².